The quantitative estimate of drug-likeness (QED) is 0.477. The van der Waals surface area contributed by atoms with Crippen molar-refractivity contribution in [1.29, 1.82) is 0 Å². The van der Waals surface area contributed by atoms with Gasteiger partial charge in [-0.15, -0.1) is 0 Å². The zero-order valence-electron chi connectivity index (χ0n) is 6.60. The summed E-state index contributed by atoms with van der Waals surface area (Å²) in [6.45, 7) is 1.53. The smallest absolute Gasteiger partial charge is 0.159 e. The molecule has 0 bridgehead atoms. The molecule has 2 heteroatoms. The van der Waals surface area contributed by atoms with Crippen LogP contribution in [0, 0.1) is 11.3 Å². The fraction of sp³-hybridized carbons (Fsp3) is 0.100. The number of carbonyl (C=O) groups is 1. The summed E-state index contributed by atoms with van der Waals surface area (Å²) in [5.74, 6) is 2.73. The minimum Gasteiger partial charge on any atom is -0.295 e. The topological polar surface area (TPSA) is 17.1 Å². The average Bonchev–Trinajstić information content (AvgIpc) is 2.06. The molecule has 0 saturated heterocycles. The van der Waals surface area contributed by atoms with Crippen LogP contribution in [0.1, 0.15) is 22.8 Å². The van der Waals surface area contributed by atoms with Crippen molar-refractivity contribution >= 4 is 17.4 Å². The van der Waals surface area contributed by atoms with E-state index >= 15 is 0 Å². The summed E-state index contributed by atoms with van der Waals surface area (Å²) < 4.78 is 0. The largest absolute Gasteiger partial charge is 0.295 e. The Bertz CT molecular complexity index is 340. The van der Waals surface area contributed by atoms with Crippen LogP contribution in [0.2, 0.25) is 0 Å². The van der Waals surface area contributed by atoms with Gasteiger partial charge in [0.15, 0.2) is 5.78 Å². The molecule has 12 heavy (non-hydrogen) atoms. The molecule has 1 nitrogen and oxygen atoms in total. The molecule has 0 aliphatic rings. The molecule has 0 spiro atoms. The third-order valence-corrected chi connectivity index (χ3v) is 1.58. The predicted octanol–water partition coefficient (Wildman–Crippen LogP) is 2.44. The van der Waals surface area contributed by atoms with E-state index in [2.05, 4.69) is 11.3 Å². The van der Waals surface area contributed by atoms with Gasteiger partial charge in [-0.3, -0.25) is 4.79 Å². The molecule has 0 N–H and O–H groups in total. The van der Waals surface area contributed by atoms with Gasteiger partial charge in [0, 0.05) is 16.5 Å². The first-order valence-electron chi connectivity index (χ1n) is 3.46. The van der Waals surface area contributed by atoms with Gasteiger partial charge in [-0.1, -0.05) is 12.1 Å². The van der Waals surface area contributed by atoms with E-state index < -0.39 is 0 Å². The molecule has 0 amide bonds. The Kier molecular flexibility index (Phi) is 2.90. The second-order valence-corrected chi connectivity index (χ2v) is 2.54. The molecule has 60 valence electrons. The lowest BCUT2D eigenvalue weighted by atomic mass is 10.1. The normalized spacial score (nSPS) is 8.50. The van der Waals surface area contributed by atoms with E-state index in [9.17, 15) is 4.79 Å². The highest BCUT2D eigenvalue weighted by Crippen LogP contribution is 2.03. The summed E-state index contributed by atoms with van der Waals surface area (Å²) in [6, 6.07) is 7.01. The number of carbonyl (C=O) groups excluding carboxylic acids is 1. The first-order chi connectivity index (χ1) is 5.74. The van der Waals surface area contributed by atoms with E-state index in [0.717, 1.165) is 5.56 Å². The third kappa shape index (κ3) is 2.11. The number of halogens is 1. The van der Waals surface area contributed by atoms with Gasteiger partial charge >= 0.3 is 0 Å². The van der Waals surface area contributed by atoms with Crippen LogP contribution in [-0.2, 0) is 0 Å². The molecule has 1 rings (SSSR count). The zero-order valence-corrected chi connectivity index (χ0v) is 7.35. The molecule has 0 fully saturated rings. The lowest BCUT2D eigenvalue weighted by Crippen LogP contribution is -1.90. The Morgan fingerprint density at radius 3 is 2.33 bits per heavy atom. The van der Waals surface area contributed by atoms with Crippen molar-refractivity contribution < 1.29 is 4.79 Å². The van der Waals surface area contributed by atoms with Crippen molar-refractivity contribution in [2.75, 3.05) is 0 Å². The standard InChI is InChI=1S/C10H7ClO/c1-8(12)10-4-2-9(3-5-10)6-7-11/h2-5H,1H3. The van der Waals surface area contributed by atoms with Gasteiger partial charge in [0.05, 0.1) is 0 Å². The number of benzene rings is 1. The molecule has 0 saturated carbocycles. The fourth-order valence-corrected chi connectivity index (χ4v) is 0.952. The van der Waals surface area contributed by atoms with E-state index in [1.54, 1.807) is 24.3 Å². The molecule has 1 aromatic carbocycles. The number of hydrogen-bond donors (Lipinski definition) is 0. The van der Waals surface area contributed by atoms with Crippen molar-refractivity contribution in [3.8, 4) is 11.3 Å². The average molecular weight is 179 g/mol. The van der Waals surface area contributed by atoms with Crippen LogP contribution in [0.25, 0.3) is 0 Å². The van der Waals surface area contributed by atoms with E-state index in [1.807, 2.05) is 0 Å². The Balaban J connectivity index is 2.98. The first-order valence-corrected chi connectivity index (χ1v) is 3.84. The Morgan fingerprint density at radius 1 is 1.33 bits per heavy atom. The summed E-state index contributed by atoms with van der Waals surface area (Å²) in [6.07, 6.45) is 0. The molecule has 0 radical (unpaired) electrons. The fourth-order valence-electron chi connectivity index (χ4n) is 0.843. The molecule has 0 unspecified atom stereocenters. The van der Waals surface area contributed by atoms with Crippen LogP contribution in [0.4, 0.5) is 0 Å². The van der Waals surface area contributed by atoms with Gasteiger partial charge in [-0.05, 0) is 36.6 Å². The summed E-state index contributed by atoms with van der Waals surface area (Å²) >= 11 is 5.21. The zero-order chi connectivity index (χ0) is 8.97. The second-order valence-electron chi connectivity index (χ2n) is 2.35. The van der Waals surface area contributed by atoms with Crippen molar-refractivity contribution in [3.05, 3.63) is 35.4 Å². The van der Waals surface area contributed by atoms with Gasteiger partial charge in [0.25, 0.3) is 0 Å². The molecule has 0 heterocycles. The third-order valence-electron chi connectivity index (χ3n) is 1.48. The van der Waals surface area contributed by atoms with E-state index in [4.69, 9.17) is 11.6 Å². The van der Waals surface area contributed by atoms with Crippen LogP contribution >= 0.6 is 11.6 Å². The van der Waals surface area contributed by atoms with E-state index in [0.29, 0.717) is 5.56 Å². The lowest BCUT2D eigenvalue weighted by molar-refractivity contribution is 0.101. The maximum Gasteiger partial charge on any atom is 0.159 e. The maximum atomic E-state index is 10.9. The summed E-state index contributed by atoms with van der Waals surface area (Å²) in [5, 5.41) is 2.27. The molecule has 0 aliphatic carbocycles. The van der Waals surface area contributed by atoms with Gasteiger partial charge in [-0.2, -0.15) is 0 Å². The Labute approximate surface area is 76.4 Å². The van der Waals surface area contributed by atoms with Crippen LogP contribution < -0.4 is 0 Å². The van der Waals surface area contributed by atoms with Crippen molar-refractivity contribution in [2.24, 2.45) is 0 Å². The minimum atomic E-state index is 0.0559. The highest BCUT2D eigenvalue weighted by molar-refractivity contribution is 6.30. The molecule has 1 aromatic rings. The van der Waals surface area contributed by atoms with Crippen LogP contribution in [0.15, 0.2) is 24.3 Å². The number of ketones is 1. The summed E-state index contributed by atoms with van der Waals surface area (Å²) in [4.78, 5) is 10.9. The van der Waals surface area contributed by atoms with Gasteiger partial charge in [-0.25, -0.2) is 0 Å². The summed E-state index contributed by atoms with van der Waals surface area (Å²) in [7, 11) is 0. The maximum absolute atomic E-state index is 10.9. The van der Waals surface area contributed by atoms with Crippen molar-refractivity contribution in [3.63, 3.8) is 0 Å². The number of Topliss-reactive ketones (excluding diaryl/α,β-unsaturated/α-hetero) is 1. The first kappa shape index (κ1) is 8.83. The SMILES string of the molecule is CC(=O)c1ccc(C#CCl)cc1. The predicted molar refractivity (Wildman–Crippen MR) is 49.2 cm³/mol. The molecule has 0 aromatic heterocycles. The summed E-state index contributed by atoms with van der Waals surface area (Å²) in [5.41, 5.74) is 1.50. The monoisotopic (exact) mass is 178 g/mol. The number of hydrogen-bond acceptors (Lipinski definition) is 1. The molecular formula is C10H7ClO. The van der Waals surface area contributed by atoms with Gasteiger partial charge in [0.2, 0.25) is 0 Å². The highest BCUT2D eigenvalue weighted by Gasteiger charge is 1.96. The van der Waals surface area contributed by atoms with Crippen LogP contribution in [0.5, 0.6) is 0 Å². The van der Waals surface area contributed by atoms with Crippen molar-refractivity contribution in [1.82, 2.24) is 0 Å². The van der Waals surface area contributed by atoms with Crippen LogP contribution in [-0.4, -0.2) is 5.78 Å². The molecule has 0 aliphatic heterocycles. The molecular weight excluding hydrogens is 172 g/mol. The van der Waals surface area contributed by atoms with E-state index in [1.165, 1.54) is 6.92 Å². The lowest BCUT2D eigenvalue weighted by Gasteiger charge is -1.93. The van der Waals surface area contributed by atoms with Gasteiger partial charge < -0.3 is 0 Å². The highest BCUT2D eigenvalue weighted by atomic mass is 35.5. The second kappa shape index (κ2) is 3.94. The Hall–Kier alpha value is -1.26. The number of rotatable bonds is 1. The Morgan fingerprint density at radius 2 is 1.92 bits per heavy atom. The van der Waals surface area contributed by atoms with Gasteiger partial charge in [0.1, 0.15) is 0 Å². The van der Waals surface area contributed by atoms with E-state index in [-0.39, 0.29) is 5.78 Å². The van der Waals surface area contributed by atoms with Crippen LogP contribution in [0.3, 0.4) is 0 Å². The molecule has 0 atom stereocenters. The van der Waals surface area contributed by atoms with Crippen molar-refractivity contribution in [2.45, 2.75) is 6.92 Å². The minimum absolute atomic E-state index is 0.0559.